The van der Waals surface area contributed by atoms with Gasteiger partial charge in [-0.1, -0.05) is 72.8 Å². The van der Waals surface area contributed by atoms with Crippen molar-refractivity contribution in [1.82, 2.24) is 5.32 Å². The molecule has 0 saturated carbocycles. The van der Waals surface area contributed by atoms with Crippen molar-refractivity contribution in [2.75, 3.05) is 6.54 Å². The summed E-state index contributed by atoms with van der Waals surface area (Å²) >= 11 is 0. The lowest BCUT2D eigenvalue weighted by atomic mass is 10.0. The zero-order valence-corrected chi connectivity index (χ0v) is 16.6. The molecule has 3 heteroatoms. The molecule has 3 rings (SSSR count). The summed E-state index contributed by atoms with van der Waals surface area (Å²) in [5, 5.41) is 14.2. The van der Waals surface area contributed by atoms with Crippen LogP contribution in [0.3, 0.4) is 0 Å². The first-order valence-corrected chi connectivity index (χ1v) is 9.85. The van der Waals surface area contributed by atoms with Gasteiger partial charge in [-0.25, -0.2) is 0 Å². The van der Waals surface area contributed by atoms with Crippen molar-refractivity contribution in [2.24, 2.45) is 0 Å². The van der Waals surface area contributed by atoms with Crippen LogP contribution in [0, 0.1) is 6.92 Å². The normalized spacial score (nSPS) is 13.1. The minimum absolute atomic E-state index is 0.271. The molecule has 0 bridgehead atoms. The van der Waals surface area contributed by atoms with Crippen LogP contribution in [0.15, 0.2) is 78.9 Å². The summed E-state index contributed by atoms with van der Waals surface area (Å²) in [6.45, 7) is 5.26. The first kappa shape index (κ1) is 20.1. The SMILES string of the molecule is Cc1ccccc1C[C@@H](C)NC[C@H](O)c1ccccc1OCc1ccccc1. The second kappa shape index (κ2) is 10.1. The molecule has 3 aromatic rings. The third-order valence-corrected chi connectivity index (χ3v) is 4.96. The fourth-order valence-electron chi connectivity index (χ4n) is 3.29. The fraction of sp³-hybridized carbons (Fsp3) is 0.280. The molecule has 0 spiro atoms. The Labute approximate surface area is 168 Å². The van der Waals surface area contributed by atoms with Crippen molar-refractivity contribution < 1.29 is 9.84 Å². The number of aliphatic hydroxyl groups excluding tert-OH is 1. The van der Waals surface area contributed by atoms with Crippen molar-refractivity contribution in [2.45, 2.75) is 39.0 Å². The molecule has 0 heterocycles. The summed E-state index contributed by atoms with van der Waals surface area (Å²) in [5.74, 6) is 0.729. The molecule has 0 amide bonds. The summed E-state index contributed by atoms with van der Waals surface area (Å²) < 4.78 is 5.97. The molecule has 2 N–H and O–H groups in total. The Morgan fingerprint density at radius 3 is 2.36 bits per heavy atom. The Bertz CT molecular complexity index is 863. The van der Waals surface area contributed by atoms with E-state index < -0.39 is 6.10 Å². The van der Waals surface area contributed by atoms with Gasteiger partial charge in [0.2, 0.25) is 0 Å². The van der Waals surface area contributed by atoms with Crippen LogP contribution in [0.25, 0.3) is 0 Å². The highest BCUT2D eigenvalue weighted by Crippen LogP contribution is 2.25. The molecule has 0 unspecified atom stereocenters. The standard InChI is InChI=1S/C25H29NO2/c1-19-10-6-7-13-22(19)16-20(2)26-17-24(27)23-14-8-9-15-25(23)28-18-21-11-4-3-5-12-21/h3-15,20,24,26-27H,16-18H2,1-2H3/t20-,24+/m1/s1. The third kappa shape index (κ3) is 5.69. The predicted molar refractivity (Wildman–Crippen MR) is 115 cm³/mol. The highest BCUT2D eigenvalue weighted by molar-refractivity contribution is 5.35. The van der Waals surface area contributed by atoms with E-state index in [2.05, 4.69) is 43.4 Å². The molecule has 0 aliphatic rings. The summed E-state index contributed by atoms with van der Waals surface area (Å²) in [7, 11) is 0. The quantitative estimate of drug-likeness (QED) is 0.563. The molecule has 0 saturated heterocycles. The van der Waals surface area contributed by atoms with E-state index in [-0.39, 0.29) is 6.04 Å². The topological polar surface area (TPSA) is 41.5 Å². The van der Waals surface area contributed by atoms with E-state index in [4.69, 9.17) is 4.74 Å². The first-order valence-electron chi connectivity index (χ1n) is 9.85. The average Bonchev–Trinajstić information content (AvgIpc) is 2.73. The number of nitrogens with one attached hydrogen (secondary N) is 1. The molecule has 2 atom stereocenters. The smallest absolute Gasteiger partial charge is 0.125 e. The number of hydrogen-bond acceptors (Lipinski definition) is 3. The highest BCUT2D eigenvalue weighted by Gasteiger charge is 2.15. The highest BCUT2D eigenvalue weighted by atomic mass is 16.5. The van der Waals surface area contributed by atoms with Crippen molar-refractivity contribution in [3.63, 3.8) is 0 Å². The second-order valence-electron chi connectivity index (χ2n) is 7.27. The number of aliphatic hydroxyl groups is 1. The van der Waals surface area contributed by atoms with E-state index in [9.17, 15) is 5.11 Å². The zero-order valence-electron chi connectivity index (χ0n) is 16.6. The van der Waals surface area contributed by atoms with Gasteiger partial charge in [0.1, 0.15) is 12.4 Å². The van der Waals surface area contributed by atoms with E-state index in [1.807, 2.05) is 54.6 Å². The minimum Gasteiger partial charge on any atom is -0.489 e. The zero-order chi connectivity index (χ0) is 19.8. The van der Waals surface area contributed by atoms with Gasteiger partial charge in [0.25, 0.3) is 0 Å². The van der Waals surface area contributed by atoms with Crippen LogP contribution in [-0.4, -0.2) is 17.7 Å². The van der Waals surface area contributed by atoms with E-state index in [1.54, 1.807) is 0 Å². The molecule has 3 nitrogen and oxygen atoms in total. The molecule has 0 aliphatic carbocycles. The Morgan fingerprint density at radius 2 is 1.57 bits per heavy atom. The molecule has 3 aromatic carbocycles. The van der Waals surface area contributed by atoms with Gasteiger partial charge < -0.3 is 15.2 Å². The Kier molecular flexibility index (Phi) is 7.24. The van der Waals surface area contributed by atoms with Crippen LogP contribution in [0.1, 0.15) is 35.3 Å². The van der Waals surface area contributed by atoms with Crippen molar-refractivity contribution in [1.29, 1.82) is 0 Å². The van der Waals surface area contributed by atoms with Crippen LogP contribution in [0.2, 0.25) is 0 Å². The first-order chi connectivity index (χ1) is 13.6. The summed E-state index contributed by atoms with van der Waals surface area (Å²) in [4.78, 5) is 0. The minimum atomic E-state index is -0.619. The van der Waals surface area contributed by atoms with Crippen LogP contribution in [0.5, 0.6) is 5.75 Å². The maximum atomic E-state index is 10.7. The van der Waals surface area contributed by atoms with Gasteiger partial charge >= 0.3 is 0 Å². The van der Waals surface area contributed by atoms with E-state index >= 15 is 0 Å². The van der Waals surface area contributed by atoms with Gasteiger partial charge in [0, 0.05) is 18.2 Å². The summed E-state index contributed by atoms with van der Waals surface area (Å²) in [5.41, 5.74) is 4.56. The molecular weight excluding hydrogens is 346 g/mol. The van der Waals surface area contributed by atoms with Crippen LogP contribution in [0.4, 0.5) is 0 Å². The lowest BCUT2D eigenvalue weighted by molar-refractivity contribution is 0.163. The molecule has 0 fully saturated rings. The Morgan fingerprint density at radius 1 is 0.893 bits per heavy atom. The van der Waals surface area contributed by atoms with E-state index in [0.29, 0.717) is 13.2 Å². The largest absolute Gasteiger partial charge is 0.489 e. The second-order valence-corrected chi connectivity index (χ2v) is 7.27. The van der Waals surface area contributed by atoms with Crippen molar-refractivity contribution in [3.8, 4) is 5.75 Å². The number of para-hydroxylation sites is 1. The van der Waals surface area contributed by atoms with Gasteiger partial charge in [-0.15, -0.1) is 0 Å². The average molecular weight is 376 g/mol. The Balaban J connectivity index is 1.56. The molecule has 0 aliphatic heterocycles. The maximum absolute atomic E-state index is 10.7. The summed E-state index contributed by atoms with van der Waals surface area (Å²) in [6, 6.07) is 26.5. The van der Waals surface area contributed by atoms with Crippen molar-refractivity contribution in [3.05, 3.63) is 101 Å². The van der Waals surface area contributed by atoms with E-state index in [1.165, 1.54) is 11.1 Å². The van der Waals surface area contributed by atoms with Gasteiger partial charge in [-0.2, -0.15) is 0 Å². The molecular formula is C25H29NO2. The number of rotatable bonds is 9. The fourth-order valence-corrected chi connectivity index (χ4v) is 3.29. The molecule has 146 valence electrons. The van der Waals surface area contributed by atoms with Gasteiger partial charge in [0.15, 0.2) is 0 Å². The van der Waals surface area contributed by atoms with Crippen LogP contribution in [-0.2, 0) is 13.0 Å². The van der Waals surface area contributed by atoms with E-state index in [0.717, 1.165) is 23.3 Å². The monoisotopic (exact) mass is 375 g/mol. The number of ether oxygens (including phenoxy) is 1. The van der Waals surface area contributed by atoms with Crippen LogP contribution >= 0.6 is 0 Å². The van der Waals surface area contributed by atoms with Crippen LogP contribution < -0.4 is 10.1 Å². The lowest BCUT2D eigenvalue weighted by Crippen LogP contribution is -2.32. The predicted octanol–water partition coefficient (Wildman–Crippen LogP) is 4.83. The maximum Gasteiger partial charge on any atom is 0.125 e. The van der Waals surface area contributed by atoms with Gasteiger partial charge in [0.05, 0.1) is 6.10 Å². The number of benzene rings is 3. The van der Waals surface area contributed by atoms with Gasteiger partial charge in [-0.3, -0.25) is 0 Å². The number of aryl methyl sites for hydroxylation is 1. The summed E-state index contributed by atoms with van der Waals surface area (Å²) in [6.07, 6.45) is 0.317. The Hall–Kier alpha value is -2.62. The third-order valence-electron chi connectivity index (χ3n) is 4.96. The lowest BCUT2D eigenvalue weighted by Gasteiger charge is -2.20. The van der Waals surface area contributed by atoms with Crippen molar-refractivity contribution >= 4 is 0 Å². The molecule has 0 aromatic heterocycles. The molecule has 28 heavy (non-hydrogen) atoms. The van der Waals surface area contributed by atoms with Gasteiger partial charge in [-0.05, 0) is 43.0 Å². The number of hydrogen-bond donors (Lipinski definition) is 2. The molecule has 0 radical (unpaired) electrons.